The molecule has 0 radical (unpaired) electrons. The number of ether oxygens (including phenoxy) is 1. The molecule has 1 heterocycles. The number of aromatic nitrogens is 2. The smallest absolute Gasteiger partial charge is 0.375 e. The SMILES string of the molecule is CCOC(=O)C[n+]1cccc(C)n1.[Br-]. The number of halogens is 1. The van der Waals surface area contributed by atoms with Gasteiger partial charge in [0, 0.05) is 6.07 Å². The summed E-state index contributed by atoms with van der Waals surface area (Å²) in [6.45, 7) is 4.24. The van der Waals surface area contributed by atoms with Gasteiger partial charge in [0.1, 0.15) is 5.69 Å². The molecule has 1 aromatic rings. The summed E-state index contributed by atoms with van der Waals surface area (Å²) in [6.07, 6.45) is 1.74. The van der Waals surface area contributed by atoms with Gasteiger partial charge in [-0.3, -0.25) is 0 Å². The standard InChI is InChI=1S/C9H13N2O2.BrH/c1-3-13-9(12)7-11-6-4-5-8(2)10-11;/h4-6H,3,7H2,1-2H3;1H/q+1;/p-1. The fourth-order valence-electron chi connectivity index (χ4n) is 0.978. The topological polar surface area (TPSA) is 43.1 Å². The van der Waals surface area contributed by atoms with Gasteiger partial charge in [0.2, 0.25) is 0 Å². The average molecular weight is 261 g/mol. The second kappa shape index (κ2) is 6.48. The second-order valence-electron chi connectivity index (χ2n) is 2.65. The van der Waals surface area contributed by atoms with Crippen LogP contribution in [-0.4, -0.2) is 17.7 Å². The fraction of sp³-hybridized carbons (Fsp3) is 0.444. The largest absolute Gasteiger partial charge is 1.00 e. The Morgan fingerprint density at radius 1 is 1.64 bits per heavy atom. The van der Waals surface area contributed by atoms with Gasteiger partial charge in [-0.1, -0.05) is 4.68 Å². The number of carbonyl (C=O) groups is 1. The van der Waals surface area contributed by atoms with Crippen molar-refractivity contribution in [1.29, 1.82) is 0 Å². The van der Waals surface area contributed by atoms with Gasteiger partial charge in [-0.2, -0.15) is 0 Å². The van der Waals surface area contributed by atoms with Crippen molar-refractivity contribution in [3.8, 4) is 0 Å². The molecule has 0 atom stereocenters. The van der Waals surface area contributed by atoms with E-state index in [0.29, 0.717) is 6.61 Å². The van der Waals surface area contributed by atoms with Gasteiger partial charge in [-0.05, 0) is 25.0 Å². The minimum Gasteiger partial charge on any atom is -1.00 e. The van der Waals surface area contributed by atoms with Crippen LogP contribution in [0.1, 0.15) is 12.6 Å². The Kier molecular flexibility index (Phi) is 6.03. The number of nitrogens with zero attached hydrogens (tertiary/aromatic N) is 2. The summed E-state index contributed by atoms with van der Waals surface area (Å²) in [4.78, 5) is 11.0. The molecule has 14 heavy (non-hydrogen) atoms. The summed E-state index contributed by atoms with van der Waals surface area (Å²) in [6, 6.07) is 3.73. The number of rotatable bonds is 3. The van der Waals surface area contributed by atoms with Gasteiger partial charge < -0.3 is 21.7 Å². The summed E-state index contributed by atoms with van der Waals surface area (Å²) in [5, 5.41) is 4.11. The van der Waals surface area contributed by atoms with Crippen molar-refractivity contribution < 1.29 is 31.2 Å². The minimum atomic E-state index is -0.259. The molecule has 0 amide bonds. The van der Waals surface area contributed by atoms with Crippen molar-refractivity contribution >= 4 is 5.97 Å². The van der Waals surface area contributed by atoms with Gasteiger partial charge in [0.25, 0.3) is 6.54 Å². The first-order valence-electron chi connectivity index (χ1n) is 4.21. The molecule has 0 N–H and O–H groups in total. The fourth-order valence-corrected chi connectivity index (χ4v) is 0.978. The Hall–Kier alpha value is -0.970. The van der Waals surface area contributed by atoms with E-state index in [4.69, 9.17) is 4.74 Å². The van der Waals surface area contributed by atoms with Gasteiger partial charge in [-0.25, -0.2) is 4.79 Å². The summed E-state index contributed by atoms with van der Waals surface area (Å²) in [7, 11) is 0. The molecular weight excluding hydrogens is 248 g/mol. The van der Waals surface area contributed by atoms with Crippen LogP contribution in [0.4, 0.5) is 0 Å². The van der Waals surface area contributed by atoms with Crippen LogP contribution in [0.2, 0.25) is 0 Å². The summed E-state index contributed by atoms with van der Waals surface area (Å²) >= 11 is 0. The molecule has 0 spiro atoms. The van der Waals surface area contributed by atoms with Crippen LogP contribution in [0.25, 0.3) is 0 Å². The lowest BCUT2D eigenvalue weighted by Gasteiger charge is -1.96. The molecule has 0 saturated carbocycles. The molecule has 1 rings (SSSR count). The predicted octanol–water partition coefficient (Wildman–Crippen LogP) is -2.76. The third-order valence-corrected chi connectivity index (χ3v) is 1.48. The summed E-state index contributed by atoms with van der Waals surface area (Å²) in [5.74, 6) is -0.259. The average Bonchev–Trinajstić information content (AvgIpc) is 2.04. The van der Waals surface area contributed by atoms with Crippen molar-refractivity contribution in [3.63, 3.8) is 0 Å². The van der Waals surface area contributed by atoms with Crippen LogP contribution in [0.3, 0.4) is 0 Å². The van der Waals surface area contributed by atoms with E-state index >= 15 is 0 Å². The van der Waals surface area contributed by atoms with E-state index in [-0.39, 0.29) is 29.5 Å². The lowest BCUT2D eigenvalue weighted by molar-refractivity contribution is -0.744. The zero-order chi connectivity index (χ0) is 9.68. The highest BCUT2D eigenvalue weighted by molar-refractivity contribution is 5.67. The molecular formula is C9H13BrN2O2. The van der Waals surface area contributed by atoms with Crippen LogP contribution in [0.15, 0.2) is 18.3 Å². The lowest BCUT2D eigenvalue weighted by Crippen LogP contribution is -3.00. The molecule has 5 heteroatoms. The van der Waals surface area contributed by atoms with Crippen molar-refractivity contribution in [2.45, 2.75) is 20.4 Å². The van der Waals surface area contributed by atoms with E-state index in [0.717, 1.165) is 5.69 Å². The first-order chi connectivity index (χ1) is 6.22. The molecule has 0 aliphatic heterocycles. The first-order valence-corrected chi connectivity index (χ1v) is 4.21. The number of hydrogen-bond donors (Lipinski definition) is 0. The molecule has 0 unspecified atom stereocenters. The molecule has 78 valence electrons. The Labute approximate surface area is 93.7 Å². The van der Waals surface area contributed by atoms with Crippen molar-refractivity contribution in [2.75, 3.05) is 6.61 Å². The number of hydrogen-bond acceptors (Lipinski definition) is 3. The van der Waals surface area contributed by atoms with Crippen molar-refractivity contribution in [2.24, 2.45) is 0 Å². The highest BCUT2D eigenvalue weighted by Gasteiger charge is 2.10. The van der Waals surface area contributed by atoms with Crippen LogP contribution >= 0.6 is 0 Å². The van der Waals surface area contributed by atoms with Crippen LogP contribution in [0, 0.1) is 6.92 Å². The second-order valence-corrected chi connectivity index (χ2v) is 2.65. The molecule has 0 bridgehead atoms. The quantitative estimate of drug-likeness (QED) is 0.437. The van der Waals surface area contributed by atoms with Gasteiger partial charge in [-0.15, -0.1) is 0 Å². The maximum absolute atomic E-state index is 11.0. The Bertz CT molecular complexity index is 305. The van der Waals surface area contributed by atoms with Gasteiger partial charge in [0.05, 0.1) is 6.61 Å². The van der Waals surface area contributed by atoms with Crippen LogP contribution in [-0.2, 0) is 16.1 Å². The third kappa shape index (κ3) is 4.32. The molecule has 0 aromatic carbocycles. The van der Waals surface area contributed by atoms with Crippen molar-refractivity contribution in [3.05, 3.63) is 24.0 Å². The Balaban J connectivity index is 0.00000169. The molecule has 0 fully saturated rings. The molecule has 0 saturated heterocycles. The number of esters is 1. The van der Waals surface area contributed by atoms with Crippen LogP contribution in [0.5, 0.6) is 0 Å². The van der Waals surface area contributed by atoms with Crippen LogP contribution < -0.4 is 21.7 Å². The maximum Gasteiger partial charge on any atom is 0.375 e. The normalized spacial score (nSPS) is 9.00. The van der Waals surface area contributed by atoms with E-state index in [1.807, 2.05) is 19.1 Å². The molecule has 4 nitrogen and oxygen atoms in total. The van der Waals surface area contributed by atoms with Gasteiger partial charge >= 0.3 is 5.97 Å². The third-order valence-electron chi connectivity index (χ3n) is 1.48. The van der Waals surface area contributed by atoms with E-state index < -0.39 is 0 Å². The zero-order valence-electron chi connectivity index (χ0n) is 8.24. The first kappa shape index (κ1) is 13.0. The van der Waals surface area contributed by atoms with Crippen molar-refractivity contribution in [1.82, 2.24) is 5.10 Å². The monoisotopic (exact) mass is 260 g/mol. The maximum atomic E-state index is 11.0. The van der Waals surface area contributed by atoms with E-state index in [9.17, 15) is 4.79 Å². The molecule has 0 aliphatic rings. The minimum absolute atomic E-state index is 0. The Morgan fingerprint density at radius 2 is 2.36 bits per heavy atom. The highest BCUT2D eigenvalue weighted by Crippen LogP contribution is 1.84. The highest BCUT2D eigenvalue weighted by atomic mass is 79.9. The van der Waals surface area contributed by atoms with E-state index in [1.54, 1.807) is 17.8 Å². The summed E-state index contributed by atoms with van der Waals surface area (Å²) in [5.41, 5.74) is 0.881. The zero-order valence-corrected chi connectivity index (χ0v) is 9.82. The predicted molar refractivity (Wildman–Crippen MR) is 45.8 cm³/mol. The molecule has 0 aliphatic carbocycles. The lowest BCUT2D eigenvalue weighted by atomic mass is 10.4. The van der Waals surface area contributed by atoms with Gasteiger partial charge in [0.15, 0.2) is 6.20 Å². The number of carbonyl (C=O) groups excluding carboxylic acids is 1. The molecule has 1 aromatic heterocycles. The van der Waals surface area contributed by atoms with E-state index in [2.05, 4.69) is 5.10 Å². The Morgan fingerprint density at radius 3 is 2.93 bits per heavy atom. The van der Waals surface area contributed by atoms with E-state index in [1.165, 1.54) is 0 Å². The number of aryl methyl sites for hydroxylation is 1. The summed E-state index contributed by atoms with van der Waals surface area (Å²) < 4.78 is 6.35.